The van der Waals surface area contributed by atoms with Crippen LogP contribution in [0.15, 0.2) is 30.1 Å². The Labute approximate surface area is 86.5 Å². The maximum Gasteiger partial charge on any atom is 0.352 e. The molecule has 0 spiro atoms. The molecule has 5 nitrogen and oxygen atoms in total. The summed E-state index contributed by atoms with van der Waals surface area (Å²) in [7, 11) is 0. The Bertz CT molecular complexity index is 398. The van der Waals surface area contributed by atoms with E-state index >= 15 is 0 Å². The van der Waals surface area contributed by atoms with Crippen LogP contribution in [0.1, 0.15) is 12.6 Å². The second-order valence-electron chi connectivity index (χ2n) is 2.80. The van der Waals surface area contributed by atoms with Crippen LogP contribution in [0.25, 0.3) is 6.08 Å². The molecule has 1 aromatic heterocycles. The third-order valence-electron chi connectivity index (χ3n) is 1.52. The summed E-state index contributed by atoms with van der Waals surface area (Å²) in [5, 5.41) is 11.0. The van der Waals surface area contributed by atoms with Crippen molar-refractivity contribution < 1.29 is 14.7 Å². The molecule has 1 amide bonds. The molecular formula is C10H10N2O3. The fourth-order valence-electron chi connectivity index (χ4n) is 0.950. The number of aliphatic carboxylic acids is 1. The Hall–Kier alpha value is -2.17. The molecule has 0 bridgehead atoms. The van der Waals surface area contributed by atoms with Gasteiger partial charge in [0.15, 0.2) is 0 Å². The van der Waals surface area contributed by atoms with Crippen molar-refractivity contribution in [2.45, 2.75) is 6.92 Å². The first-order chi connectivity index (χ1) is 7.09. The van der Waals surface area contributed by atoms with Gasteiger partial charge in [-0.25, -0.2) is 4.79 Å². The van der Waals surface area contributed by atoms with Gasteiger partial charge in [-0.2, -0.15) is 0 Å². The Kier molecular flexibility index (Phi) is 3.56. The van der Waals surface area contributed by atoms with E-state index in [1.165, 1.54) is 13.0 Å². The summed E-state index contributed by atoms with van der Waals surface area (Å²) in [5.74, 6) is -1.63. The molecule has 2 N–H and O–H groups in total. The topological polar surface area (TPSA) is 79.3 Å². The van der Waals surface area contributed by atoms with Crippen LogP contribution in [-0.2, 0) is 9.59 Å². The number of pyridine rings is 1. The standard InChI is InChI=1S/C10H10N2O3/c1-7(13)12-9(10(14)15)6-8-4-2-3-5-11-8/h2-6H,1H3,(H,12,13)(H,14,15)/b9-6+. The van der Waals surface area contributed by atoms with E-state index in [9.17, 15) is 9.59 Å². The van der Waals surface area contributed by atoms with Crippen molar-refractivity contribution in [2.75, 3.05) is 0 Å². The van der Waals surface area contributed by atoms with Crippen molar-refractivity contribution in [2.24, 2.45) is 0 Å². The molecule has 0 fully saturated rings. The lowest BCUT2D eigenvalue weighted by Crippen LogP contribution is -2.24. The number of carbonyl (C=O) groups is 2. The molecule has 0 aliphatic rings. The molecule has 78 valence electrons. The fourth-order valence-corrected chi connectivity index (χ4v) is 0.950. The van der Waals surface area contributed by atoms with Crippen LogP contribution in [0.3, 0.4) is 0 Å². The third-order valence-corrected chi connectivity index (χ3v) is 1.52. The zero-order valence-corrected chi connectivity index (χ0v) is 8.10. The van der Waals surface area contributed by atoms with Gasteiger partial charge in [0, 0.05) is 13.1 Å². The molecule has 0 aromatic carbocycles. The van der Waals surface area contributed by atoms with Gasteiger partial charge in [0.1, 0.15) is 5.70 Å². The Morgan fingerprint density at radius 1 is 1.47 bits per heavy atom. The summed E-state index contributed by atoms with van der Waals surface area (Å²) in [5.41, 5.74) is 0.282. The summed E-state index contributed by atoms with van der Waals surface area (Å²) < 4.78 is 0. The summed E-state index contributed by atoms with van der Waals surface area (Å²) in [6.45, 7) is 1.25. The highest BCUT2D eigenvalue weighted by atomic mass is 16.4. The highest BCUT2D eigenvalue weighted by molar-refractivity contribution is 5.96. The van der Waals surface area contributed by atoms with E-state index in [1.54, 1.807) is 24.4 Å². The van der Waals surface area contributed by atoms with Gasteiger partial charge in [0.25, 0.3) is 0 Å². The van der Waals surface area contributed by atoms with E-state index in [2.05, 4.69) is 10.3 Å². The number of rotatable bonds is 3. The largest absolute Gasteiger partial charge is 0.477 e. The summed E-state index contributed by atoms with van der Waals surface area (Å²) >= 11 is 0. The van der Waals surface area contributed by atoms with Gasteiger partial charge in [-0.3, -0.25) is 9.78 Å². The van der Waals surface area contributed by atoms with Crippen molar-refractivity contribution in [3.8, 4) is 0 Å². The number of carboxylic acid groups (broad SMARTS) is 1. The molecule has 0 aliphatic carbocycles. The van der Waals surface area contributed by atoms with Crippen LogP contribution in [-0.4, -0.2) is 22.0 Å². The summed E-state index contributed by atoms with van der Waals surface area (Å²) in [6, 6.07) is 5.09. The van der Waals surface area contributed by atoms with E-state index in [1.807, 2.05) is 0 Å². The normalized spacial score (nSPS) is 10.9. The fraction of sp³-hybridized carbons (Fsp3) is 0.100. The molecular weight excluding hydrogens is 196 g/mol. The average molecular weight is 206 g/mol. The predicted molar refractivity (Wildman–Crippen MR) is 53.7 cm³/mol. The highest BCUT2D eigenvalue weighted by Crippen LogP contribution is 2.01. The Morgan fingerprint density at radius 3 is 2.67 bits per heavy atom. The van der Waals surface area contributed by atoms with Crippen LogP contribution >= 0.6 is 0 Å². The number of hydrogen-bond donors (Lipinski definition) is 2. The van der Waals surface area contributed by atoms with Gasteiger partial charge in [0.2, 0.25) is 5.91 Å². The first kappa shape index (κ1) is 10.9. The molecule has 1 heterocycles. The zero-order chi connectivity index (χ0) is 11.3. The average Bonchev–Trinajstić information content (AvgIpc) is 2.17. The Balaban J connectivity index is 2.94. The van der Waals surface area contributed by atoms with E-state index in [4.69, 9.17) is 5.11 Å². The highest BCUT2D eigenvalue weighted by Gasteiger charge is 2.08. The first-order valence-corrected chi connectivity index (χ1v) is 4.23. The molecule has 0 saturated carbocycles. The number of carbonyl (C=O) groups excluding carboxylic acids is 1. The van der Waals surface area contributed by atoms with Crippen LogP contribution in [0.4, 0.5) is 0 Å². The van der Waals surface area contributed by atoms with Gasteiger partial charge in [-0.15, -0.1) is 0 Å². The lowest BCUT2D eigenvalue weighted by Gasteiger charge is -2.01. The molecule has 0 saturated heterocycles. The van der Waals surface area contributed by atoms with Gasteiger partial charge in [0.05, 0.1) is 5.69 Å². The SMILES string of the molecule is CC(=O)N/C(=C/c1ccccn1)C(=O)O. The first-order valence-electron chi connectivity index (χ1n) is 4.23. The van der Waals surface area contributed by atoms with Crippen molar-refractivity contribution in [3.63, 3.8) is 0 Å². The predicted octanol–water partition coefficient (Wildman–Crippen LogP) is 0.643. The maximum atomic E-state index is 10.7. The van der Waals surface area contributed by atoms with Gasteiger partial charge >= 0.3 is 5.97 Å². The minimum Gasteiger partial charge on any atom is -0.477 e. The lowest BCUT2D eigenvalue weighted by atomic mass is 10.3. The number of nitrogens with one attached hydrogen (secondary N) is 1. The molecule has 0 atom stereocenters. The third kappa shape index (κ3) is 3.60. The maximum absolute atomic E-state index is 10.7. The molecule has 0 radical (unpaired) electrons. The van der Waals surface area contributed by atoms with Gasteiger partial charge in [-0.1, -0.05) is 6.07 Å². The monoisotopic (exact) mass is 206 g/mol. The Morgan fingerprint density at radius 2 is 2.20 bits per heavy atom. The van der Waals surface area contributed by atoms with Crippen LogP contribution in [0, 0.1) is 0 Å². The lowest BCUT2D eigenvalue weighted by molar-refractivity contribution is -0.134. The van der Waals surface area contributed by atoms with Crippen molar-refractivity contribution in [1.29, 1.82) is 0 Å². The van der Waals surface area contributed by atoms with Crippen molar-refractivity contribution in [3.05, 3.63) is 35.8 Å². The zero-order valence-electron chi connectivity index (χ0n) is 8.10. The number of amides is 1. The number of nitrogens with zero attached hydrogens (tertiary/aromatic N) is 1. The molecule has 15 heavy (non-hydrogen) atoms. The van der Waals surface area contributed by atoms with Crippen molar-refractivity contribution in [1.82, 2.24) is 10.3 Å². The summed E-state index contributed by atoms with van der Waals surface area (Å²) in [4.78, 5) is 25.4. The van der Waals surface area contributed by atoms with Crippen LogP contribution in [0.2, 0.25) is 0 Å². The number of carboxylic acids is 1. The van der Waals surface area contributed by atoms with E-state index in [-0.39, 0.29) is 5.70 Å². The molecule has 0 aliphatic heterocycles. The molecule has 0 unspecified atom stereocenters. The number of hydrogen-bond acceptors (Lipinski definition) is 3. The summed E-state index contributed by atoms with van der Waals surface area (Å²) in [6.07, 6.45) is 2.84. The van der Waals surface area contributed by atoms with E-state index in [0.717, 1.165) is 0 Å². The van der Waals surface area contributed by atoms with Crippen molar-refractivity contribution >= 4 is 18.0 Å². The molecule has 1 rings (SSSR count). The minimum atomic E-state index is -1.20. The van der Waals surface area contributed by atoms with Gasteiger partial charge in [-0.05, 0) is 18.2 Å². The molecule has 5 heteroatoms. The van der Waals surface area contributed by atoms with Crippen LogP contribution < -0.4 is 5.32 Å². The number of aromatic nitrogens is 1. The van der Waals surface area contributed by atoms with E-state index < -0.39 is 11.9 Å². The smallest absolute Gasteiger partial charge is 0.352 e. The quantitative estimate of drug-likeness (QED) is 0.711. The van der Waals surface area contributed by atoms with Crippen LogP contribution in [0.5, 0.6) is 0 Å². The minimum absolute atomic E-state index is 0.193. The second kappa shape index (κ2) is 4.90. The van der Waals surface area contributed by atoms with Gasteiger partial charge < -0.3 is 10.4 Å². The molecule has 1 aromatic rings. The van der Waals surface area contributed by atoms with E-state index in [0.29, 0.717) is 5.69 Å². The second-order valence-corrected chi connectivity index (χ2v) is 2.80.